The summed E-state index contributed by atoms with van der Waals surface area (Å²) in [4.78, 5) is 14.3. The highest BCUT2D eigenvalue weighted by Crippen LogP contribution is 2.33. The number of nitrogens with zero attached hydrogens (tertiary/aromatic N) is 2. The minimum atomic E-state index is -0.0721. The molecule has 0 spiro atoms. The number of amides is 1. The Kier molecular flexibility index (Phi) is 4.96. The summed E-state index contributed by atoms with van der Waals surface area (Å²) in [5, 5.41) is 8.59. The maximum atomic E-state index is 12.0. The third kappa shape index (κ3) is 3.06. The Morgan fingerprint density at radius 2 is 2.31 bits per heavy atom. The maximum Gasteiger partial charge on any atom is 0.264 e. The Morgan fingerprint density at radius 3 is 2.75 bits per heavy atom. The first kappa shape index (κ1) is 13.7. The van der Waals surface area contributed by atoms with Gasteiger partial charge in [0.2, 0.25) is 0 Å². The highest BCUT2D eigenvalue weighted by atomic mass is 79.9. The summed E-state index contributed by atoms with van der Waals surface area (Å²) in [5.74, 6) is -0.0563. The van der Waals surface area contributed by atoms with Crippen LogP contribution in [0.15, 0.2) is 14.3 Å². The number of rotatable bonds is 3. The van der Waals surface area contributed by atoms with Gasteiger partial charge in [-0.3, -0.25) is 4.79 Å². The molecular weight excluding hydrogens is 356 g/mol. The fourth-order valence-electron chi connectivity index (χ4n) is 1.10. The van der Waals surface area contributed by atoms with Gasteiger partial charge in [-0.15, -0.1) is 11.3 Å². The van der Waals surface area contributed by atoms with Gasteiger partial charge in [0.15, 0.2) is 0 Å². The molecule has 0 aliphatic rings. The van der Waals surface area contributed by atoms with Gasteiger partial charge in [-0.1, -0.05) is 0 Å². The Balaban J connectivity index is 2.82. The van der Waals surface area contributed by atoms with Gasteiger partial charge in [-0.25, -0.2) is 0 Å². The van der Waals surface area contributed by atoms with Crippen LogP contribution in [0.2, 0.25) is 0 Å². The molecule has 3 nitrogen and oxygen atoms in total. The molecule has 0 fully saturated rings. The average molecular weight is 366 g/mol. The van der Waals surface area contributed by atoms with Crippen molar-refractivity contribution in [1.82, 2.24) is 4.90 Å². The molecule has 1 heterocycles. The summed E-state index contributed by atoms with van der Waals surface area (Å²) in [7, 11) is 1.71. The van der Waals surface area contributed by atoms with Crippen LogP contribution in [-0.2, 0) is 0 Å². The number of thiophene rings is 1. The molecule has 1 amide bonds. The molecule has 0 radical (unpaired) electrons. The van der Waals surface area contributed by atoms with Gasteiger partial charge in [0, 0.05) is 17.6 Å². The van der Waals surface area contributed by atoms with E-state index in [-0.39, 0.29) is 11.9 Å². The van der Waals surface area contributed by atoms with Crippen LogP contribution in [0.5, 0.6) is 0 Å². The van der Waals surface area contributed by atoms with Gasteiger partial charge in [0.05, 0.1) is 21.2 Å². The normalized spacial score (nSPS) is 11.9. The Labute approximate surface area is 115 Å². The van der Waals surface area contributed by atoms with Crippen molar-refractivity contribution in [2.45, 2.75) is 19.4 Å². The molecule has 0 bridgehead atoms. The topological polar surface area (TPSA) is 44.1 Å². The largest absolute Gasteiger partial charge is 0.337 e. The molecule has 0 aliphatic heterocycles. The average Bonchev–Trinajstić information content (AvgIpc) is 2.57. The van der Waals surface area contributed by atoms with Crippen LogP contribution in [-0.4, -0.2) is 23.9 Å². The minimum absolute atomic E-state index is 0.0563. The lowest BCUT2D eigenvalue weighted by atomic mass is 10.2. The third-order valence-corrected chi connectivity index (χ3v) is 5.47. The summed E-state index contributed by atoms with van der Waals surface area (Å²) in [6.07, 6.45) is 0.343. The van der Waals surface area contributed by atoms with E-state index in [0.29, 0.717) is 11.3 Å². The van der Waals surface area contributed by atoms with Crippen molar-refractivity contribution in [2.24, 2.45) is 0 Å². The van der Waals surface area contributed by atoms with E-state index in [1.54, 1.807) is 18.0 Å². The fraction of sp³-hybridized carbons (Fsp3) is 0.400. The molecule has 86 valence electrons. The van der Waals surface area contributed by atoms with Crippen molar-refractivity contribution in [1.29, 1.82) is 5.26 Å². The molecular formula is C10H10Br2N2OS. The van der Waals surface area contributed by atoms with Crippen molar-refractivity contribution in [2.75, 3.05) is 7.05 Å². The molecule has 1 atom stereocenters. The van der Waals surface area contributed by atoms with E-state index in [1.165, 1.54) is 11.3 Å². The predicted molar refractivity (Wildman–Crippen MR) is 71.5 cm³/mol. The number of hydrogen-bond acceptors (Lipinski definition) is 3. The fourth-order valence-corrected chi connectivity index (χ4v) is 3.11. The summed E-state index contributed by atoms with van der Waals surface area (Å²) in [6.45, 7) is 1.86. The highest BCUT2D eigenvalue weighted by molar-refractivity contribution is 9.13. The van der Waals surface area contributed by atoms with Crippen molar-refractivity contribution in [3.8, 4) is 6.07 Å². The van der Waals surface area contributed by atoms with Gasteiger partial charge in [0.1, 0.15) is 0 Å². The molecule has 1 unspecified atom stereocenters. The standard InChI is InChI=1S/C10H10Br2N2OS/c1-6(3-4-13)14(2)10(15)8-5-7(11)9(12)16-8/h5-6H,3H2,1-2H3. The molecule has 16 heavy (non-hydrogen) atoms. The molecule has 0 aromatic carbocycles. The monoisotopic (exact) mass is 364 g/mol. The van der Waals surface area contributed by atoms with E-state index in [2.05, 4.69) is 37.9 Å². The van der Waals surface area contributed by atoms with Gasteiger partial charge in [-0.2, -0.15) is 5.26 Å². The molecule has 6 heteroatoms. The number of halogens is 2. The third-order valence-electron chi connectivity index (χ3n) is 2.22. The number of nitriles is 1. The predicted octanol–water partition coefficient (Wildman–Crippen LogP) is 3.65. The smallest absolute Gasteiger partial charge is 0.264 e. The number of hydrogen-bond donors (Lipinski definition) is 0. The van der Waals surface area contributed by atoms with E-state index < -0.39 is 0 Å². The lowest BCUT2D eigenvalue weighted by Gasteiger charge is -2.22. The summed E-state index contributed by atoms with van der Waals surface area (Å²) >= 11 is 8.07. The van der Waals surface area contributed by atoms with Gasteiger partial charge >= 0.3 is 0 Å². The van der Waals surface area contributed by atoms with Crippen LogP contribution in [0.3, 0.4) is 0 Å². The summed E-state index contributed by atoms with van der Waals surface area (Å²) in [5.41, 5.74) is 0. The zero-order valence-electron chi connectivity index (χ0n) is 8.83. The Hall–Kier alpha value is -0.380. The second-order valence-electron chi connectivity index (χ2n) is 3.36. The second kappa shape index (κ2) is 5.80. The van der Waals surface area contributed by atoms with Gasteiger partial charge in [-0.05, 0) is 44.8 Å². The Bertz CT molecular complexity index is 419. The lowest BCUT2D eigenvalue weighted by molar-refractivity contribution is 0.0751. The molecule has 0 N–H and O–H groups in total. The first-order chi connectivity index (χ1) is 7.47. The van der Waals surface area contributed by atoms with E-state index in [4.69, 9.17) is 5.26 Å². The van der Waals surface area contributed by atoms with Crippen LogP contribution in [0, 0.1) is 11.3 Å². The zero-order chi connectivity index (χ0) is 12.3. The number of carbonyl (C=O) groups excluding carboxylic acids is 1. The lowest BCUT2D eigenvalue weighted by Crippen LogP contribution is -2.34. The molecule has 0 saturated heterocycles. The van der Waals surface area contributed by atoms with E-state index in [0.717, 1.165) is 8.26 Å². The molecule has 0 saturated carbocycles. The van der Waals surface area contributed by atoms with Crippen molar-refractivity contribution in [3.63, 3.8) is 0 Å². The first-order valence-electron chi connectivity index (χ1n) is 4.56. The van der Waals surface area contributed by atoms with E-state index in [1.807, 2.05) is 6.92 Å². The van der Waals surface area contributed by atoms with Crippen molar-refractivity contribution >= 4 is 49.1 Å². The van der Waals surface area contributed by atoms with E-state index in [9.17, 15) is 4.79 Å². The molecule has 0 aliphatic carbocycles. The highest BCUT2D eigenvalue weighted by Gasteiger charge is 2.19. The summed E-state index contributed by atoms with van der Waals surface area (Å²) < 4.78 is 1.78. The number of carbonyl (C=O) groups is 1. The minimum Gasteiger partial charge on any atom is -0.337 e. The zero-order valence-corrected chi connectivity index (χ0v) is 12.8. The van der Waals surface area contributed by atoms with Crippen molar-refractivity contribution < 1.29 is 4.79 Å². The molecule has 1 rings (SSSR count). The van der Waals surface area contributed by atoms with Crippen LogP contribution in [0.1, 0.15) is 23.0 Å². The SMILES string of the molecule is CC(CC#N)N(C)C(=O)c1cc(Br)c(Br)s1. The van der Waals surface area contributed by atoms with E-state index >= 15 is 0 Å². The quantitative estimate of drug-likeness (QED) is 0.820. The van der Waals surface area contributed by atoms with Gasteiger partial charge < -0.3 is 4.90 Å². The second-order valence-corrected chi connectivity index (χ2v) is 6.58. The van der Waals surface area contributed by atoms with Crippen molar-refractivity contribution in [3.05, 3.63) is 19.2 Å². The van der Waals surface area contributed by atoms with Crippen LogP contribution < -0.4 is 0 Å². The van der Waals surface area contributed by atoms with Gasteiger partial charge in [0.25, 0.3) is 5.91 Å². The molecule has 1 aromatic heterocycles. The first-order valence-corrected chi connectivity index (χ1v) is 6.96. The summed E-state index contributed by atoms with van der Waals surface area (Å²) in [6, 6.07) is 3.77. The Morgan fingerprint density at radius 1 is 1.69 bits per heavy atom. The van der Waals surface area contributed by atoms with Crippen LogP contribution >= 0.6 is 43.2 Å². The molecule has 1 aromatic rings. The maximum absolute atomic E-state index is 12.0. The van der Waals surface area contributed by atoms with Crippen LogP contribution in [0.25, 0.3) is 0 Å². The van der Waals surface area contributed by atoms with Crippen LogP contribution in [0.4, 0.5) is 0 Å².